The Bertz CT molecular complexity index is 796. The van der Waals surface area contributed by atoms with E-state index >= 15 is 0 Å². The van der Waals surface area contributed by atoms with Gasteiger partial charge in [-0.05, 0) is 37.8 Å². The van der Waals surface area contributed by atoms with Crippen LogP contribution in [0.5, 0.6) is 0 Å². The molecule has 0 heterocycles. The fourth-order valence-electron chi connectivity index (χ4n) is 2.61. The van der Waals surface area contributed by atoms with Gasteiger partial charge in [-0.25, -0.2) is 0 Å². The average molecular weight is 413 g/mol. The molecule has 0 unspecified atom stereocenters. The molecule has 0 saturated carbocycles. The van der Waals surface area contributed by atoms with E-state index in [0.717, 1.165) is 25.7 Å². The number of carbonyl (C=O) groups excluding carboxylic acids is 2. The number of hydrogen-bond acceptors (Lipinski definition) is 4. The van der Waals surface area contributed by atoms with E-state index in [1.165, 1.54) is 0 Å². The van der Waals surface area contributed by atoms with Gasteiger partial charge in [0.25, 0.3) is 5.91 Å². The second kappa shape index (κ2) is 13.7. The number of amidine groups is 2. The largest absolute Gasteiger partial charge is 0.384 e. The van der Waals surface area contributed by atoms with E-state index in [9.17, 15) is 9.59 Å². The molecule has 0 spiro atoms. The van der Waals surface area contributed by atoms with E-state index in [4.69, 9.17) is 22.3 Å². The molecule has 0 fully saturated rings. The summed E-state index contributed by atoms with van der Waals surface area (Å²) in [6, 6.07) is 6.59. The Hall–Kier alpha value is -3.42. The molecular formula is C22H32N6O2. The third-order valence-electron chi connectivity index (χ3n) is 4.26. The second-order valence-corrected chi connectivity index (χ2v) is 6.75. The van der Waals surface area contributed by atoms with Crippen LogP contribution < -0.4 is 22.1 Å². The predicted molar refractivity (Wildman–Crippen MR) is 121 cm³/mol. The van der Waals surface area contributed by atoms with E-state index in [-0.39, 0.29) is 29.9 Å². The summed E-state index contributed by atoms with van der Waals surface area (Å²) in [5.41, 5.74) is 12.6. The van der Waals surface area contributed by atoms with Crippen LogP contribution in [0.25, 0.3) is 0 Å². The van der Waals surface area contributed by atoms with Crippen molar-refractivity contribution in [3.8, 4) is 0 Å². The molecule has 0 aliphatic carbocycles. The van der Waals surface area contributed by atoms with Gasteiger partial charge < -0.3 is 22.1 Å². The Morgan fingerprint density at radius 2 is 1.57 bits per heavy atom. The molecule has 8 heteroatoms. The summed E-state index contributed by atoms with van der Waals surface area (Å²) in [7, 11) is 0. The van der Waals surface area contributed by atoms with Gasteiger partial charge in [-0.2, -0.15) is 0 Å². The molecule has 8 N–H and O–H groups in total. The minimum atomic E-state index is -0.160. The van der Waals surface area contributed by atoms with Crippen molar-refractivity contribution in [2.75, 3.05) is 13.1 Å². The lowest BCUT2D eigenvalue weighted by molar-refractivity contribution is -0.120. The molecule has 1 aromatic rings. The number of nitrogen functional groups attached to an aromatic ring is 1. The lowest BCUT2D eigenvalue weighted by atomic mass is 10.1. The molecule has 0 aliphatic heterocycles. The van der Waals surface area contributed by atoms with Gasteiger partial charge in [-0.3, -0.25) is 20.4 Å². The number of nitrogens with one attached hydrogen (secondary N) is 4. The molecule has 1 rings (SSSR count). The Morgan fingerprint density at radius 3 is 2.13 bits per heavy atom. The van der Waals surface area contributed by atoms with Crippen LogP contribution in [-0.4, -0.2) is 36.6 Å². The van der Waals surface area contributed by atoms with Crippen molar-refractivity contribution in [3.63, 3.8) is 0 Å². The van der Waals surface area contributed by atoms with E-state index in [1.807, 2.05) is 13.0 Å². The number of hydrogen-bond donors (Lipinski definition) is 6. The SMILES string of the molecule is CC/C=C(\C=C/CC(=O)NCCCCCNC(=O)c1ccc(C(=N)N)cc1)C(=N)N. The van der Waals surface area contributed by atoms with Crippen LogP contribution in [0.1, 0.15) is 54.9 Å². The number of allylic oxidation sites excluding steroid dienone is 1. The van der Waals surface area contributed by atoms with Crippen molar-refractivity contribution in [2.24, 2.45) is 11.5 Å². The highest BCUT2D eigenvalue weighted by molar-refractivity contribution is 5.98. The first kappa shape index (κ1) is 24.6. The van der Waals surface area contributed by atoms with E-state index in [1.54, 1.807) is 36.4 Å². The zero-order valence-electron chi connectivity index (χ0n) is 17.5. The minimum Gasteiger partial charge on any atom is -0.384 e. The molecule has 2 amide bonds. The standard InChI is InChI=1S/C22H32N6O2/c1-2-7-16(20(23)24)8-6-9-19(29)27-14-4-3-5-15-28-22(30)18-12-10-17(11-13-18)21(25)26/h6-8,10-13H,2-5,9,14-15H2,1H3,(H3,23,24)(H3,25,26)(H,27,29)(H,28,30)/b8-6-,16-7+. The maximum absolute atomic E-state index is 12.1. The zero-order chi connectivity index (χ0) is 22.4. The third-order valence-corrected chi connectivity index (χ3v) is 4.26. The smallest absolute Gasteiger partial charge is 0.251 e. The molecule has 162 valence electrons. The number of unbranched alkanes of at least 4 members (excludes halogenated alkanes) is 2. The van der Waals surface area contributed by atoms with Gasteiger partial charge >= 0.3 is 0 Å². The number of nitrogens with two attached hydrogens (primary N) is 2. The summed E-state index contributed by atoms with van der Waals surface area (Å²) < 4.78 is 0. The Morgan fingerprint density at radius 1 is 0.967 bits per heavy atom. The van der Waals surface area contributed by atoms with Crippen LogP contribution in [0.4, 0.5) is 0 Å². The third kappa shape index (κ3) is 9.68. The molecule has 0 bridgehead atoms. The van der Waals surface area contributed by atoms with Gasteiger partial charge in [0, 0.05) is 36.2 Å². The van der Waals surface area contributed by atoms with Crippen LogP contribution >= 0.6 is 0 Å². The zero-order valence-corrected chi connectivity index (χ0v) is 17.5. The second-order valence-electron chi connectivity index (χ2n) is 6.75. The van der Waals surface area contributed by atoms with E-state index < -0.39 is 0 Å². The van der Waals surface area contributed by atoms with E-state index in [2.05, 4.69) is 10.6 Å². The summed E-state index contributed by atoms with van der Waals surface area (Å²) in [4.78, 5) is 23.9. The highest BCUT2D eigenvalue weighted by Gasteiger charge is 2.05. The molecule has 0 radical (unpaired) electrons. The maximum Gasteiger partial charge on any atom is 0.251 e. The summed E-state index contributed by atoms with van der Waals surface area (Å²) in [5.74, 6) is -0.270. The van der Waals surface area contributed by atoms with Gasteiger partial charge in [0.15, 0.2) is 0 Å². The van der Waals surface area contributed by atoms with Gasteiger partial charge in [0.1, 0.15) is 11.7 Å². The van der Waals surface area contributed by atoms with Crippen LogP contribution in [-0.2, 0) is 4.79 Å². The highest BCUT2D eigenvalue weighted by Crippen LogP contribution is 2.04. The Kier molecular flexibility index (Phi) is 11.2. The number of amides is 2. The van der Waals surface area contributed by atoms with Crippen molar-refractivity contribution >= 4 is 23.5 Å². The van der Waals surface area contributed by atoms with Gasteiger partial charge in [0.05, 0.1) is 0 Å². The van der Waals surface area contributed by atoms with Crippen molar-refractivity contribution in [2.45, 2.75) is 39.0 Å². The lowest BCUT2D eigenvalue weighted by Crippen LogP contribution is -2.25. The molecule has 1 aromatic carbocycles. The number of benzene rings is 1. The molecule has 0 saturated heterocycles. The predicted octanol–water partition coefficient (Wildman–Crippen LogP) is 2.21. The monoisotopic (exact) mass is 412 g/mol. The van der Waals surface area contributed by atoms with Crippen molar-refractivity contribution < 1.29 is 9.59 Å². The number of carbonyl (C=O) groups is 2. The fraction of sp³-hybridized carbons (Fsp3) is 0.364. The quantitative estimate of drug-likeness (QED) is 0.127. The van der Waals surface area contributed by atoms with E-state index in [0.29, 0.717) is 29.8 Å². The first-order valence-corrected chi connectivity index (χ1v) is 10.1. The van der Waals surface area contributed by atoms with Gasteiger partial charge in [-0.1, -0.05) is 37.3 Å². The normalized spacial score (nSPS) is 11.3. The lowest BCUT2D eigenvalue weighted by Gasteiger charge is -2.07. The van der Waals surface area contributed by atoms with Crippen LogP contribution in [0.15, 0.2) is 48.1 Å². The number of rotatable bonds is 13. The molecular weight excluding hydrogens is 380 g/mol. The minimum absolute atomic E-state index is 0.00586. The molecule has 0 aromatic heterocycles. The Labute approximate surface area is 177 Å². The van der Waals surface area contributed by atoms with Gasteiger partial charge in [-0.15, -0.1) is 0 Å². The van der Waals surface area contributed by atoms with Crippen molar-refractivity contribution in [1.82, 2.24) is 10.6 Å². The first-order chi connectivity index (χ1) is 14.3. The van der Waals surface area contributed by atoms with Crippen LogP contribution in [0.3, 0.4) is 0 Å². The molecule has 0 atom stereocenters. The van der Waals surface area contributed by atoms with Crippen LogP contribution in [0.2, 0.25) is 0 Å². The highest BCUT2D eigenvalue weighted by atomic mass is 16.2. The Balaban J connectivity index is 2.15. The molecule has 8 nitrogen and oxygen atoms in total. The fourth-order valence-corrected chi connectivity index (χ4v) is 2.61. The summed E-state index contributed by atoms with van der Waals surface area (Å²) in [6.07, 6.45) is 8.79. The molecule has 30 heavy (non-hydrogen) atoms. The summed E-state index contributed by atoms with van der Waals surface area (Å²) in [5, 5.41) is 20.5. The van der Waals surface area contributed by atoms with Gasteiger partial charge in [0.2, 0.25) is 5.91 Å². The maximum atomic E-state index is 12.1. The summed E-state index contributed by atoms with van der Waals surface area (Å²) in [6.45, 7) is 3.10. The van der Waals surface area contributed by atoms with Crippen molar-refractivity contribution in [1.29, 1.82) is 10.8 Å². The van der Waals surface area contributed by atoms with Crippen LogP contribution in [0, 0.1) is 10.8 Å². The molecule has 0 aliphatic rings. The van der Waals surface area contributed by atoms with Crippen molar-refractivity contribution in [3.05, 3.63) is 59.2 Å². The summed E-state index contributed by atoms with van der Waals surface area (Å²) >= 11 is 0. The average Bonchev–Trinajstić information content (AvgIpc) is 2.72. The first-order valence-electron chi connectivity index (χ1n) is 10.1. The topological polar surface area (TPSA) is 158 Å².